The highest BCUT2D eigenvalue weighted by Gasteiger charge is 2.17. The molecule has 1 aromatic heterocycles. The molecule has 0 aliphatic carbocycles. The molecule has 0 saturated carbocycles. The molecule has 0 spiro atoms. The maximum Gasteiger partial charge on any atom is 0.437 e. The molecular formula is C16H18N4O6. The van der Waals surface area contributed by atoms with Crippen molar-refractivity contribution in [1.82, 2.24) is 20.0 Å². The van der Waals surface area contributed by atoms with Gasteiger partial charge in [0.25, 0.3) is 5.91 Å². The van der Waals surface area contributed by atoms with Crippen molar-refractivity contribution in [1.29, 1.82) is 0 Å². The summed E-state index contributed by atoms with van der Waals surface area (Å²) in [4.78, 5) is 47.6. The Morgan fingerprint density at radius 2 is 1.96 bits per heavy atom. The maximum absolute atomic E-state index is 11.8. The lowest BCUT2D eigenvalue weighted by atomic mass is 10.2. The Balaban J connectivity index is 1.90. The number of likely N-dealkylation sites (N-methyl/N-ethyl adjacent to an activating group) is 2. The predicted octanol–water partition coefficient (Wildman–Crippen LogP) is -0.749. The van der Waals surface area contributed by atoms with Crippen molar-refractivity contribution < 1.29 is 23.5 Å². The van der Waals surface area contributed by atoms with Crippen LogP contribution in [-0.4, -0.2) is 59.7 Å². The summed E-state index contributed by atoms with van der Waals surface area (Å²) < 4.78 is 10.6. The zero-order valence-electron chi connectivity index (χ0n) is 14.3. The monoisotopic (exact) mass is 362 g/mol. The van der Waals surface area contributed by atoms with E-state index in [1.54, 1.807) is 30.3 Å². The standard InChI is InChI=1S/C16H18N4O6/c1-17-12(21)8-19(2)13(22)10-25-14(23)9-20-16(24)26-15(18-20)11-6-4-3-5-7-11/h3-7H,8-10H2,1-2H3,(H,17,21). The first-order chi connectivity index (χ1) is 12.4. The highest BCUT2D eigenvalue weighted by Crippen LogP contribution is 2.13. The van der Waals surface area contributed by atoms with Crippen molar-refractivity contribution >= 4 is 17.8 Å². The van der Waals surface area contributed by atoms with Gasteiger partial charge in [-0.05, 0) is 12.1 Å². The van der Waals surface area contributed by atoms with Crippen LogP contribution < -0.4 is 11.1 Å². The van der Waals surface area contributed by atoms with Gasteiger partial charge in [0.2, 0.25) is 11.8 Å². The second-order valence-corrected chi connectivity index (χ2v) is 5.28. The van der Waals surface area contributed by atoms with Crippen molar-refractivity contribution in [3.8, 4) is 11.5 Å². The largest absolute Gasteiger partial charge is 0.454 e. The zero-order chi connectivity index (χ0) is 19.1. The molecule has 1 N–H and O–H groups in total. The van der Waals surface area contributed by atoms with Crippen LogP contribution in [0.5, 0.6) is 0 Å². The van der Waals surface area contributed by atoms with Crippen molar-refractivity contribution in [3.63, 3.8) is 0 Å². The van der Waals surface area contributed by atoms with E-state index in [0.29, 0.717) is 5.56 Å². The number of hydrogen-bond donors (Lipinski definition) is 1. The summed E-state index contributed by atoms with van der Waals surface area (Å²) in [6, 6.07) is 8.71. The van der Waals surface area contributed by atoms with Crippen LogP contribution in [0.25, 0.3) is 11.5 Å². The smallest absolute Gasteiger partial charge is 0.437 e. The van der Waals surface area contributed by atoms with Gasteiger partial charge in [0, 0.05) is 19.7 Å². The van der Waals surface area contributed by atoms with E-state index in [9.17, 15) is 19.2 Å². The van der Waals surface area contributed by atoms with Crippen LogP contribution >= 0.6 is 0 Å². The second kappa shape index (κ2) is 8.60. The number of amides is 2. The zero-order valence-corrected chi connectivity index (χ0v) is 14.3. The lowest BCUT2D eigenvalue weighted by Gasteiger charge is -2.15. The Morgan fingerprint density at radius 3 is 2.62 bits per heavy atom. The number of carbonyl (C=O) groups is 3. The first-order valence-electron chi connectivity index (χ1n) is 7.64. The van der Waals surface area contributed by atoms with Crippen LogP contribution in [0.4, 0.5) is 0 Å². The van der Waals surface area contributed by atoms with Gasteiger partial charge in [-0.3, -0.25) is 14.4 Å². The average Bonchev–Trinajstić information content (AvgIpc) is 3.00. The van der Waals surface area contributed by atoms with Gasteiger partial charge in [0.05, 0.1) is 6.54 Å². The van der Waals surface area contributed by atoms with Gasteiger partial charge in [0.1, 0.15) is 6.54 Å². The molecule has 26 heavy (non-hydrogen) atoms. The summed E-state index contributed by atoms with van der Waals surface area (Å²) in [6.07, 6.45) is 0. The summed E-state index contributed by atoms with van der Waals surface area (Å²) in [5.74, 6) is -2.48. The minimum Gasteiger partial charge on any atom is -0.454 e. The normalized spacial score (nSPS) is 10.2. The highest BCUT2D eigenvalue weighted by molar-refractivity contribution is 5.86. The first kappa shape index (κ1) is 18.9. The van der Waals surface area contributed by atoms with Crippen molar-refractivity contribution in [3.05, 3.63) is 40.9 Å². The van der Waals surface area contributed by atoms with E-state index in [1.807, 2.05) is 0 Å². The molecule has 1 aromatic carbocycles. The van der Waals surface area contributed by atoms with Crippen LogP contribution in [0.2, 0.25) is 0 Å². The first-order valence-corrected chi connectivity index (χ1v) is 7.64. The Labute approximate surface area is 148 Å². The van der Waals surface area contributed by atoms with Crippen LogP contribution in [0, 0.1) is 0 Å². The number of nitrogens with zero attached hydrogens (tertiary/aromatic N) is 3. The number of benzene rings is 1. The molecule has 0 aliphatic heterocycles. The molecule has 0 radical (unpaired) electrons. The van der Waals surface area contributed by atoms with E-state index >= 15 is 0 Å². The highest BCUT2D eigenvalue weighted by atomic mass is 16.5. The number of ether oxygens (including phenoxy) is 1. The Kier molecular flexibility index (Phi) is 6.25. The summed E-state index contributed by atoms with van der Waals surface area (Å²) >= 11 is 0. The van der Waals surface area contributed by atoms with Gasteiger partial charge in [-0.2, -0.15) is 4.68 Å². The van der Waals surface area contributed by atoms with E-state index in [1.165, 1.54) is 14.1 Å². The van der Waals surface area contributed by atoms with Crippen LogP contribution in [0.15, 0.2) is 39.5 Å². The molecule has 0 atom stereocenters. The van der Waals surface area contributed by atoms with Crippen molar-refractivity contribution in [2.45, 2.75) is 6.54 Å². The summed E-state index contributed by atoms with van der Waals surface area (Å²) in [7, 11) is 2.85. The van der Waals surface area contributed by atoms with Gasteiger partial charge < -0.3 is 19.4 Å². The molecule has 0 bridgehead atoms. The molecule has 1 heterocycles. The lowest BCUT2D eigenvalue weighted by molar-refractivity contribution is -0.152. The molecular weight excluding hydrogens is 344 g/mol. The van der Waals surface area contributed by atoms with E-state index in [4.69, 9.17) is 9.15 Å². The van der Waals surface area contributed by atoms with E-state index in [-0.39, 0.29) is 18.3 Å². The van der Waals surface area contributed by atoms with E-state index in [2.05, 4.69) is 10.4 Å². The molecule has 2 rings (SSSR count). The summed E-state index contributed by atoms with van der Waals surface area (Å²) in [5, 5.41) is 6.29. The van der Waals surface area contributed by atoms with Gasteiger partial charge >= 0.3 is 11.7 Å². The molecule has 138 valence electrons. The van der Waals surface area contributed by atoms with Crippen LogP contribution in [0.3, 0.4) is 0 Å². The molecule has 0 unspecified atom stereocenters. The molecule has 0 saturated heterocycles. The molecule has 2 aromatic rings. The quantitative estimate of drug-likeness (QED) is 0.643. The fourth-order valence-electron chi connectivity index (χ4n) is 1.91. The topological polar surface area (TPSA) is 124 Å². The fourth-order valence-corrected chi connectivity index (χ4v) is 1.91. The van der Waals surface area contributed by atoms with Gasteiger partial charge in [0.15, 0.2) is 6.61 Å². The minimum absolute atomic E-state index is 0.0739. The molecule has 10 heteroatoms. The maximum atomic E-state index is 11.8. The molecule has 2 amide bonds. The number of rotatable bonds is 7. The number of hydrogen-bond acceptors (Lipinski definition) is 7. The third-order valence-electron chi connectivity index (χ3n) is 3.35. The molecule has 10 nitrogen and oxygen atoms in total. The SMILES string of the molecule is CNC(=O)CN(C)C(=O)COC(=O)Cn1nc(-c2ccccc2)oc1=O. The Bertz CT molecular complexity index is 842. The predicted molar refractivity (Wildman–Crippen MR) is 88.9 cm³/mol. The van der Waals surface area contributed by atoms with Gasteiger partial charge in [-0.15, -0.1) is 5.10 Å². The summed E-state index contributed by atoms with van der Waals surface area (Å²) in [6.45, 7) is -1.21. The van der Waals surface area contributed by atoms with Crippen molar-refractivity contribution in [2.75, 3.05) is 27.2 Å². The number of nitrogens with one attached hydrogen (secondary N) is 1. The fraction of sp³-hybridized carbons (Fsp3) is 0.312. The lowest BCUT2D eigenvalue weighted by Crippen LogP contribution is -2.39. The molecule has 0 fully saturated rings. The van der Waals surface area contributed by atoms with E-state index < -0.39 is 30.8 Å². The van der Waals surface area contributed by atoms with Crippen LogP contribution in [0.1, 0.15) is 0 Å². The number of carbonyl (C=O) groups excluding carboxylic acids is 3. The van der Waals surface area contributed by atoms with Crippen molar-refractivity contribution in [2.24, 2.45) is 0 Å². The average molecular weight is 362 g/mol. The minimum atomic E-state index is -0.832. The third-order valence-corrected chi connectivity index (χ3v) is 3.35. The van der Waals surface area contributed by atoms with Crippen LogP contribution in [-0.2, 0) is 25.7 Å². The number of esters is 1. The van der Waals surface area contributed by atoms with E-state index in [0.717, 1.165) is 9.58 Å². The number of aromatic nitrogens is 2. The Morgan fingerprint density at radius 1 is 1.27 bits per heavy atom. The third kappa shape index (κ3) is 5.03. The van der Waals surface area contributed by atoms with Gasteiger partial charge in [-0.25, -0.2) is 4.79 Å². The van der Waals surface area contributed by atoms with Gasteiger partial charge in [-0.1, -0.05) is 18.2 Å². The Hall–Kier alpha value is -3.43. The molecule has 0 aliphatic rings. The second-order valence-electron chi connectivity index (χ2n) is 5.28. The summed E-state index contributed by atoms with van der Waals surface area (Å²) in [5.41, 5.74) is 0.586.